The second kappa shape index (κ2) is 30.1. The molecule has 0 amide bonds. The molecule has 0 atom stereocenters. The van der Waals surface area contributed by atoms with Crippen LogP contribution in [0.3, 0.4) is 0 Å². The number of nitrogens with one attached hydrogen (secondary N) is 1. The Morgan fingerprint density at radius 3 is 1.46 bits per heavy atom. The van der Waals surface area contributed by atoms with E-state index in [0.29, 0.717) is 51.4 Å². The first-order valence-corrected chi connectivity index (χ1v) is 26.3. The summed E-state index contributed by atoms with van der Waals surface area (Å²) in [6.45, 7) is -0.0769. The number of methoxy groups -OCH3 is 3. The smallest absolute Gasteiger partial charge is 0.471 e. The lowest BCUT2D eigenvalue weighted by molar-refractivity contribution is -0.160. The SMILES string of the molecule is COc1cncc(N(Cc2ccc(-c3noc(C(F)(F)F)n3)s2)c2cc(C(F)(F)F)cnn2)n1.COc1cncc(N)n1.COc1cncc(Nc2cc(C(F)(F)F)cnn2)n1.FC(F)(F)c1cnnc(Cl)c1.FC(F)(F)c1nc(-c2ccc(CBr)s2)no1. The van der Waals surface area contributed by atoms with Crippen molar-refractivity contribution in [2.75, 3.05) is 37.3 Å². The molecule has 10 heterocycles. The summed E-state index contributed by atoms with van der Waals surface area (Å²) >= 11 is 10.7. The van der Waals surface area contributed by atoms with Crippen LogP contribution in [0, 0.1) is 0 Å². The van der Waals surface area contributed by atoms with E-state index in [0.717, 1.165) is 28.3 Å². The molecule has 3 N–H and O–H groups in total. The fourth-order valence-corrected chi connectivity index (χ4v) is 8.25. The number of hydrogen-bond acceptors (Lipinski definition) is 26. The van der Waals surface area contributed by atoms with E-state index in [1.807, 2.05) is 0 Å². The summed E-state index contributed by atoms with van der Waals surface area (Å²) in [6.07, 6.45) is -12.9. The molecule has 10 aromatic heterocycles. The molecule has 43 heteroatoms. The summed E-state index contributed by atoms with van der Waals surface area (Å²) in [4.78, 5) is 33.6. The molecular formula is C46H32BrClF15N19O5S2. The number of thiophene rings is 2. The number of anilines is 5. The molecule has 0 aliphatic heterocycles. The zero-order chi connectivity index (χ0) is 65.3. The monoisotopic (exact) mass is 1390 g/mol. The average Bonchev–Trinajstić information content (AvgIpc) is 2.63. The number of nitrogen functional groups attached to an aromatic ring is 1. The summed E-state index contributed by atoms with van der Waals surface area (Å²) in [5.74, 6) is -1.98. The maximum Gasteiger partial charge on any atom is 0.471 e. The highest BCUT2D eigenvalue weighted by molar-refractivity contribution is 9.08. The van der Waals surface area contributed by atoms with Gasteiger partial charge in [-0.3, -0.25) is 15.0 Å². The van der Waals surface area contributed by atoms with Crippen LogP contribution in [-0.2, 0) is 42.8 Å². The predicted molar refractivity (Wildman–Crippen MR) is 283 cm³/mol. The normalized spacial score (nSPS) is 11.5. The van der Waals surface area contributed by atoms with E-state index in [4.69, 9.17) is 31.5 Å². The fourth-order valence-electron chi connectivity index (χ4n) is 5.85. The van der Waals surface area contributed by atoms with Crippen LogP contribution in [0.1, 0.15) is 38.2 Å². The van der Waals surface area contributed by atoms with Crippen molar-refractivity contribution in [2.24, 2.45) is 0 Å². The number of aromatic nitrogens is 16. The molecule has 0 saturated heterocycles. The van der Waals surface area contributed by atoms with Crippen molar-refractivity contribution in [2.45, 2.75) is 42.8 Å². The molecule has 472 valence electrons. The van der Waals surface area contributed by atoms with Gasteiger partial charge in [0, 0.05) is 15.1 Å². The minimum Gasteiger partial charge on any atom is -0.480 e. The van der Waals surface area contributed by atoms with Gasteiger partial charge in [-0.15, -0.1) is 38.0 Å². The largest absolute Gasteiger partial charge is 0.480 e. The molecule has 10 aromatic rings. The Kier molecular flexibility index (Phi) is 23.2. The topological polar surface area (TPSA) is 301 Å². The minimum absolute atomic E-state index is 0.0375. The molecule has 0 unspecified atom stereocenters. The van der Waals surface area contributed by atoms with Crippen LogP contribution in [0.2, 0.25) is 5.15 Å². The Labute approximate surface area is 507 Å². The van der Waals surface area contributed by atoms with Crippen molar-refractivity contribution < 1.29 is 89.1 Å². The van der Waals surface area contributed by atoms with Gasteiger partial charge in [-0.1, -0.05) is 37.8 Å². The van der Waals surface area contributed by atoms with Crippen molar-refractivity contribution in [3.8, 4) is 39.0 Å². The number of alkyl halides is 16. The van der Waals surface area contributed by atoms with Gasteiger partial charge in [-0.25, -0.2) is 0 Å². The van der Waals surface area contributed by atoms with E-state index in [-0.39, 0.29) is 63.3 Å². The van der Waals surface area contributed by atoms with Crippen molar-refractivity contribution >= 4 is 79.3 Å². The van der Waals surface area contributed by atoms with E-state index in [1.54, 1.807) is 18.2 Å². The Morgan fingerprint density at radius 2 is 0.989 bits per heavy atom. The molecular weight excluding hydrogens is 1360 g/mol. The molecule has 0 bridgehead atoms. The van der Waals surface area contributed by atoms with Gasteiger partial charge < -0.3 is 39.2 Å². The van der Waals surface area contributed by atoms with E-state index in [2.05, 4.69) is 111 Å². The van der Waals surface area contributed by atoms with Crippen molar-refractivity contribution in [1.29, 1.82) is 0 Å². The van der Waals surface area contributed by atoms with Gasteiger partial charge in [0.25, 0.3) is 0 Å². The summed E-state index contributed by atoms with van der Waals surface area (Å²) in [5, 5.41) is 29.8. The van der Waals surface area contributed by atoms with Crippen molar-refractivity contribution in [1.82, 2.24) is 80.8 Å². The number of ether oxygens (including phenoxy) is 3. The summed E-state index contributed by atoms with van der Waals surface area (Å²) in [6, 6.07) is 8.79. The minimum atomic E-state index is -4.80. The molecule has 0 aliphatic carbocycles. The number of nitrogens with zero attached hydrogens (tertiary/aromatic N) is 17. The predicted octanol–water partition coefficient (Wildman–Crippen LogP) is 12.7. The molecule has 0 radical (unpaired) electrons. The third kappa shape index (κ3) is 20.9. The van der Waals surface area contributed by atoms with Crippen LogP contribution < -0.4 is 30.2 Å². The second-order valence-electron chi connectivity index (χ2n) is 16.0. The lowest BCUT2D eigenvalue weighted by Crippen LogP contribution is -2.20. The summed E-state index contributed by atoms with van der Waals surface area (Å²) in [5.41, 5.74) is 2.46. The molecule has 0 spiro atoms. The Balaban J connectivity index is 0.000000194. The number of hydrogen-bond donors (Lipinski definition) is 2. The average molecular weight is 1400 g/mol. The third-order valence-corrected chi connectivity index (χ3v) is 13.0. The van der Waals surface area contributed by atoms with E-state index in [1.165, 1.54) is 80.8 Å². The van der Waals surface area contributed by atoms with Gasteiger partial charge in [0.2, 0.25) is 29.3 Å². The Bertz CT molecular complexity index is 3880. The molecule has 10 rings (SSSR count). The van der Waals surface area contributed by atoms with Crippen LogP contribution in [0.15, 0.2) is 107 Å². The van der Waals surface area contributed by atoms with Gasteiger partial charge in [-0.2, -0.15) is 106 Å². The van der Waals surface area contributed by atoms with Crippen molar-refractivity contribution in [3.63, 3.8) is 0 Å². The molecule has 0 aliphatic rings. The third-order valence-electron chi connectivity index (χ3n) is 9.73. The van der Waals surface area contributed by atoms with E-state index < -0.39 is 59.4 Å². The van der Waals surface area contributed by atoms with E-state index in [9.17, 15) is 65.9 Å². The first kappa shape index (κ1) is 68.8. The highest BCUT2D eigenvalue weighted by atomic mass is 79.9. The zero-order valence-corrected chi connectivity index (χ0v) is 48.1. The van der Waals surface area contributed by atoms with Gasteiger partial charge in [0.05, 0.1) is 110 Å². The van der Waals surface area contributed by atoms with Gasteiger partial charge >= 0.3 is 42.7 Å². The Hall–Kier alpha value is -9.32. The van der Waals surface area contributed by atoms with Gasteiger partial charge in [0.1, 0.15) is 5.82 Å². The maximum absolute atomic E-state index is 13.2. The van der Waals surface area contributed by atoms with Crippen LogP contribution in [-0.4, -0.2) is 102 Å². The highest BCUT2D eigenvalue weighted by Gasteiger charge is 2.40. The summed E-state index contributed by atoms with van der Waals surface area (Å²) < 4.78 is 210. The maximum atomic E-state index is 13.2. The van der Waals surface area contributed by atoms with Crippen LogP contribution in [0.4, 0.5) is 94.9 Å². The zero-order valence-electron chi connectivity index (χ0n) is 44.1. The first-order chi connectivity index (χ1) is 41.9. The molecule has 0 fully saturated rings. The van der Waals surface area contributed by atoms with E-state index >= 15 is 0 Å². The lowest BCUT2D eigenvalue weighted by atomic mass is 10.3. The second-order valence-corrected chi connectivity index (χ2v) is 19.2. The fraction of sp³-hybridized carbons (Fsp3) is 0.217. The molecule has 24 nitrogen and oxygen atoms in total. The Morgan fingerprint density at radius 1 is 0.517 bits per heavy atom. The lowest BCUT2D eigenvalue weighted by Gasteiger charge is -2.22. The van der Waals surface area contributed by atoms with Crippen LogP contribution in [0.25, 0.3) is 21.4 Å². The number of halogens is 17. The molecule has 0 saturated carbocycles. The number of rotatable bonds is 12. The molecule has 89 heavy (non-hydrogen) atoms. The van der Waals surface area contributed by atoms with Crippen LogP contribution in [0.5, 0.6) is 17.6 Å². The van der Waals surface area contributed by atoms with Crippen molar-refractivity contribution in [3.05, 3.63) is 142 Å². The van der Waals surface area contributed by atoms with Crippen LogP contribution >= 0.6 is 50.2 Å². The van der Waals surface area contributed by atoms with Gasteiger partial charge in [0.15, 0.2) is 28.4 Å². The number of nitrogens with two attached hydrogens (primary N) is 1. The van der Waals surface area contributed by atoms with Gasteiger partial charge in [-0.05, 0) is 42.5 Å². The first-order valence-electron chi connectivity index (χ1n) is 23.2. The highest BCUT2D eigenvalue weighted by Crippen LogP contribution is 2.37. The quantitative estimate of drug-likeness (QED) is 0.0848. The molecule has 0 aromatic carbocycles. The summed E-state index contributed by atoms with van der Waals surface area (Å²) in [7, 11) is 4.26. The standard InChI is InChI=1S/C18H11F6N7O2S.C10H8F3N5O.C8H4BrF3N2OS.C5H2ClF3N2.C5H7N3O/c1-32-14-7-25-6-13(27-14)31(12-4-9(5-26-29-12)17(19,20)21)8-10-2-3-11(34-10)15-28-16(33-30-15)18(22,23)24;1-19-9-5-14-4-8(17-9)16-7-2-6(3-15-18-7)10(11,12)13;9-3-4-1-2-5(16-4)6-13-7(15-14-6)8(10,11)12;6-4-1-3(2-10-11-4)5(7,8)9;1-9-5-3-7-2-4(6)8-5/h2-7H,8H2,1H3;2-5H,1H3,(H,16,17,18);1-2H,3H2;1-2H;2-3H,1H3,(H2,6,8).